The third-order valence-electron chi connectivity index (χ3n) is 4.35. The predicted molar refractivity (Wildman–Crippen MR) is 77.1 cm³/mol. The second kappa shape index (κ2) is 8.00. The molecule has 0 aromatic heterocycles. The normalized spacial score (nSPS) is 25.3. The van der Waals surface area contributed by atoms with Crippen molar-refractivity contribution in [2.45, 2.75) is 69.9 Å². The molecule has 1 saturated heterocycles. The van der Waals surface area contributed by atoms with Crippen LogP contribution < -0.4 is 5.32 Å². The van der Waals surface area contributed by atoms with Crippen molar-refractivity contribution in [1.82, 2.24) is 10.2 Å². The van der Waals surface area contributed by atoms with Crippen molar-refractivity contribution in [1.29, 1.82) is 0 Å². The van der Waals surface area contributed by atoms with Crippen LogP contribution in [0.5, 0.6) is 0 Å². The van der Waals surface area contributed by atoms with E-state index in [1.54, 1.807) is 0 Å². The molecule has 4 heteroatoms. The molecular formula is C14H27ClN2O. The van der Waals surface area contributed by atoms with E-state index >= 15 is 0 Å². The maximum absolute atomic E-state index is 12.2. The molecule has 0 aromatic carbocycles. The van der Waals surface area contributed by atoms with Crippen molar-refractivity contribution in [3.63, 3.8) is 0 Å². The molecule has 1 heterocycles. The SMILES string of the molecule is CN(C(=O)CC1CCCN1)C1CCCCCC1.Cl. The number of hydrogen-bond donors (Lipinski definition) is 1. The smallest absolute Gasteiger partial charge is 0.224 e. The van der Waals surface area contributed by atoms with Crippen molar-refractivity contribution in [3.05, 3.63) is 0 Å². The van der Waals surface area contributed by atoms with Crippen LogP contribution in [0.2, 0.25) is 0 Å². The third kappa shape index (κ3) is 4.43. The Hall–Kier alpha value is -0.280. The maximum atomic E-state index is 12.2. The number of carbonyl (C=O) groups excluding carboxylic acids is 1. The van der Waals surface area contributed by atoms with Gasteiger partial charge in [0.05, 0.1) is 0 Å². The van der Waals surface area contributed by atoms with Gasteiger partial charge in [0.1, 0.15) is 0 Å². The fraction of sp³-hybridized carbons (Fsp3) is 0.929. The molecule has 2 aliphatic rings. The van der Waals surface area contributed by atoms with Crippen LogP contribution in [-0.4, -0.2) is 36.5 Å². The molecule has 2 rings (SSSR count). The molecule has 1 amide bonds. The Bertz CT molecular complexity index is 246. The highest BCUT2D eigenvalue weighted by Gasteiger charge is 2.24. The first-order valence-electron chi connectivity index (χ1n) is 7.26. The molecule has 1 aliphatic heterocycles. The molecule has 1 atom stereocenters. The van der Waals surface area contributed by atoms with E-state index in [9.17, 15) is 4.79 Å². The largest absolute Gasteiger partial charge is 0.343 e. The van der Waals surface area contributed by atoms with E-state index in [4.69, 9.17) is 0 Å². The van der Waals surface area contributed by atoms with Crippen LogP contribution in [-0.2, 0) is 4.79 Å². The fourth-order valence-electron chi connectivity index (χ4n) is 3.13. The Labute approximate surface area is 117 Å². The van der Waals surface area contributed by atoms with E-state index in [0.29, 0.717) is 24.4 Å². The summed E-state index contributed by atoms with van der Waals surface area (Å²) in [6.07, 6.45) is 10.8. The number of hydrogen-bond acceptors (Lipinski definition) is 2. The second-order valence-electron chi connectivity index (χ2n) is 5.65. The van der Waals surface area contributed by atoms with Gasteiger partial charge in [0.25, 0.3) is 0 Å². The standard InChI is InChI=1S/C14H26N2O.ClH/c1-16(13-8-4-2-3-5-9-13)14(17)11-12-7-6-10-15-12;/h12-13,15H,2-11H2,1H3;1H. The summed E-state index contributed by atoms with van der Waals surface area (Å²) < 4.78 is 0. The Morgan fingerprint density at radius 1 is 1.11 bits per heavy atom. The minimum absolute atomic E-state index is 0. The van der Waals surface area contributed by atoms with Gasteiger partial charge in [-0.2, -0.15) is 0 Å². The van der Waals surface area contributed by atoms with Crippen molar-refractivity contribution in [3.8, 4) is 0 Å². The molecule has 0 aromatic rings. The summed E-state index contributed by atoms with van der Waals surface area (Å²) in [4.78, 5) is 14.2. The highest BCUT2D eigenvalue weighted by molar-refractivity contribution is 5.85. The molecular weight excluding hydrogens is 248 g/mol. The third-order valence-corrected chi connectivity index (χ3v) is 4.35. The lowest BCUT2D eigenvalue weighted by molar-refractivity contribution is -0.132. The highest BCUT2D eigenvalue weighted by Crippen LogP contribution is 2.22. The Morgan fingerprint density at radius 2 is 1.78 bits per heavy atom. The summed E-state index contributed by atoms with van der Waals surface area (Å²) in [7, 11) is 2.01. The molecule has 1 unspecified atom stereocenters. The van der Waals surface area contributed by atoms with Gasteiger partial charge < -0.3 is 10.2 Å². The molecule has 0 spiro atoms. The van der Waals surface area contributed by atoms with Gasteiger partial charge in [0, 0.05) is 25.6 Å². The van der Waals surface area contributed by atoms with Crippen molar-refractivity contribution in [2.75, 3.05) is 13.6 Å². The van der Waals surface area contributed by atoms with E-state index in [1.807, 2.05) is 11.9 Å². The average molecular weight is 275 g/mol. The Morgan fingerprint density at radius 3 is 2.33 bits per heavy atom. The van der Waals surface area contributed by atoms with Gasteiger partial charge in [-0.25, -0.2) is 0 Å². The van der Waals surface area contributed by atoms with Crippen LogP contribution >= 0.6 is 12.4 Å². The lowest BCUT2D eigenvalue weighted by atomic mass is 10.1. The molecule has 18 heavy (non-hydrogen) atoms. The summed E-state index contributed by atoms with van der Waals surface area (Å²) in [5, 5.41) is 3.41. The summed E-state index contributed by atoms with van der Waals surface area (Å²) in [6.45, 7) is 1.09. The highest BCUT2D eigenvalue weighted by atomic mass is 35.5. The van der Waals surface area contributed by atoms with Gasteiger partial charge in [-0.15, -0.1) is 12.4 Å². The Balaban J connectivity index is 0.00000162. The average Bonchev–Trinajstić information content (AvgIpc) is 2.68. The Kier molecular flexibility index (Phi) is 7.02. The molecule has 2 fully saturated rings. The minimum atomic E-state index is 0. The van der Waals surface area contributed by atoms with E-state index in [1.165, 1.54) is 51.4 Å². The minimum Gasteiger partial charge on any atom is -0.343 e. The van der Waals surface area contributed by atoms with Gasteiger partial charge in [-0.1, -0.05) is 25.7 Å². The van der Waals surface area contributed by atoms with E-state index in [2.05, 4.69) is 5.32 Å². The summed E-state index contributed by atoms with van der Waals surface area (Å²) in [6, 6.07) is 0.946. The van der Waals surface area contributed by atoms with E-state index in [0.717, 1.165) is 6.54 Å². The molecule has 0 radical (unpaired) electrons. The first-order valence-corrected chi connectivity index (χ1v) is 7.26. The molecule has 1 aliphatic carbocycles. The van der Waals surface area contributed by atoms with Gasteiger partial charge >= 0.3 is 0 Å². The van der Waals surface area contributed by atoms with Crippen LogP contribution in [0, 0.1) is 0 Å². The first-order chi connectivity index (χ1) is 8.27. The molecule has 1 N–H and O–H groups in total. The monoisotopic (exact) mass is 274 g/mol. The topological polar surface area (TPSA) is 32.3 Å². The van der Waals surface area contributed by atoms with Crippen molar-refractivity contribution >= 4 is 18.3 Å². The molecule has 1 saturated carbocycles. The fourth-order valence-corrected chi connectivity index (χ4v) is 3.13. The predicted octanol–water partition coefficient (Wildman–Crippen LogP) is 2.73. The summed E-state index contributed by atoms with van der Waals surface area (Å²) in [5.74, 6) is 0.344. The van der Waals surface area contributed by atoms with Crippen LogP contribution in [0.25, 0.3) is 0 Å². The molecule has 0 bridgehead atoms. The quantitative estimate of drug-likeness (QED) is 0.803. The van der Waals surface area contributed by atoms with E-state index in [-0.39, 0.29) is 12.4 Å². The van der Waals surface area contributed by atoms with Gasteiger partial charge in [-0.05, 0) is 32.2 Å². The van der Waals surface area contributed by atoms with Crippen LogP contribution in [0.1, 0.15) is 57.8 Å². The van der Waals surface area contributed by atoms with Crippen molar-refractivity contribution < 1.29 is 4.79 Å². The summed E-state index contributed by atoms with van der Waals surface area (Å²) in [5.41, 5.74) is 0. The number of halogens is 1. The van der Waals surface area contributed by atoms with Crippen LogP contribution in [0.3, 0.4) is 0 Å². The van der Waals surface area contributed by atoms with Gasteiger partial charge in [-0.3, -0.25) is 4.79 Å². The van der Waals surface area contributed by atoms with Gasteiger partial charge in [0.15, 0.2) is 0 Å². The first kappa shape index (κ1) is 15.8. The second-order valence-corrected chi connectivity index (χ2v) is 5.65. The lowest BCUT2D eigenvalue weighted by Crippen LogP contribution is -2.39. The number of nitrogens with one attached hydrogen (secondary N) is 1. The van der Waals surface area contributed by atoms with Crippen LogP contribution in [0.15, 0.2) is 0 Å². The number of amides is 1. The summed E-state index contributed by atoms with van der Waals surface area (Å²) >= 11 is 0. The zero-order valence-electron chi connectivity index (χ0n) is 11.5. The number of nitrogens with zero attached hydrogens (tertiary/aromatic N) is 1. The molecule has 3 nitrogen and oxygen atoms in total. The molecule has 106 valence electrons. The maximum Gasteiger partial charge on any atom is 0.224 e. The lowest BCUT2D eigenvalue weighted by Gasteiger charge is -2.28. The number of rotatable bonds is 3. The zero-order chi connectivity index (χ0) is 12.1. The van der Waals surface area contributed by atoms with E-state index < -0.39 is 0 Å². The zero-order valence-corrected chi connectivity index (χ0v) is 12.3. The van der Waals surface area contributed by atoms with Crippen molar-refractivity contribution in [2.24, 2.45) is 0 Å². The number of carbonyl (C=O) groups is 1. The van der Waals surface area contributed by atoms with Gasteiger partial charge in [0.2, 0.25) is 5.91 Å². The van der Waals surface area contributed by atoms with Crippen LogP contribution in [0.4, 0.5) is 0 Å².